The SMILES string of the molecule is CCNc1ncc(C)c(Sc2ccc(C)cc2)n1. The molecule has 2 aromatic rings. The Labute approximate surface area is 112 Å². The van der Waals surface area contributed by atoms with E-state index < -0.39 is 0 Å². The first kappa shape index (κ1) is 12.9. The van der Waals surface area contributed by atoms with E-state index in [0.29, 0.717) is 5.95 Å². The fourth-order valence-corrected chi connectivity index (χ4v) is 2.33. The van der Waals surface area contributed by atoms with Gasteiger partial charge in [0, 0.05) is 23.2 Å². The summed E-state index contributed by atoms with van der Waals surface area (Å²) >= 11 is 1.67. The molecule has 0 radical (unpaired) electrons. The van der Waals surface area contributed by atoms with E-state index in [1.54, 1.807) is 11.8 Å². The predicted molar refractivity (Wildman–Crippen MR) is 76.2 cm³/mol. The highest BCUT2D eigenvalue weighted by Gasteiger charge is 2.05. The van der Waals surface area contributed by atoms with Crippen LogP contribution in [-0.4, -0.2) is 16.5 Å². The molecular formula is C14H17N3S. The molecule has 0 aliphatic rings. The molecule has 0 aliphatic heterocycles. The molecule has 0 fully saturated rings. The van der Waals surface area contributed by atoms with E-state index >= 15 is 0 Å². The monoisotopic (exact) mass is 259 g/mol. The smallest absolute Gasteiger partial charge is 0.223 e. The Balaban J connectivity index is 2.22. The largest absolute Gasteiger partial charge is 0.354 e. The molecule has 0 aliphatic carbocycles. The summed E-state index contributed by atoms with van der Waals surface area (Å²) in [5, 5.41) is 4.14. The highest BCUT2D eigenvalue weighted by Crippen LogP contribution is 2.28. The molecule has 0 saturated heterocycles. The van der Waals surface area contributed by atoms with Gasteiger partial charge in [-0.05, 0) is 32.9 Å². The van der Waals surface area contributed by atoms with Crippen LogP contribution in [-0.2, 0) is 0 Å². The average Bonchev–Trinajstić information content (AvgIpc) is 2.36. The van der Waals surface area contributed by atoms with E-state index in [9.17, 15) is 0 Å². The van der Waals surface area contributed by atoms with Gasteiger partial charge < -0.3 is 5.32 Å². The van der Waals surface area contributed by atoms with E-state index in [1.807, 2.05) is 20.0 Å². The fraction of sp³-hybridized carbons (Fsp3) is 0.286. The van der Waals surface area contributed by atoms with Crippen molar-refractivity contribution < 1.29 is 0 Å². The maximum absolute atomic E-state index is 4.52. The Hall–Kier alpha value is -1.55. The van der Waals surface area contributed by atoms with Crippen LogP contribution >= 0.6 is 11.8 Å². The average molecular weight is 259 g/mol. The fourth-order valence-electron chi connectivity index (χ4n) is 1.49. The van der Waals surface area contributed by atoms with Crippen molar-refractivity contribution in [3.63, 3.8) is 0 Å². The normalized spacial score (nSPS) is 10.4. The van der Waals surface area contributed by atoms with Gasteiger partial charge in [-0.1, -0.05) is 29.5 Å². The summed E-state index contributed by atoms with van der Waals surface area (Å²) in [6.07, 6.45) is 1.86. The lowest BCUT2D eigenvalue weighted by Gasteiger charge is -2.07. The van der Waals surface area contributed by atoms with Crippen molar-refractivity contribution in [3.8, 4) is 0 Å². The Bertz CT molecular complexity index is 523. The molecule has 0 amide bonds. The number of hydrogen-bond acceptors (Lipinski definition) is 4. The second-order valence-electron chi connectivity index (χ2n) is 4.13. The number of benzene rings is 1. The summed E-state index contributed by atoms with van der Waals surface area (Å²) in [6.45, 7) is 6.99. The first-order valence-electron chi connectivity index (χ1n) is 6.01. The minimum atomic E-state index is 0.692. The third-order valence-electron chi connectivity index (χ3n) is 2.50. The Morgan fingerprint density at radius 1 is 1.17 bits per heavy atom. The van der Waals surface area contributed by atoms with E-state index in [4.69, 9.17) is 0 Å². The number of rotatable bonds is 4. The predicted octanol–water partition coefficient (Wildman–Crippen LogP) is 3.68. The molecule has 0 atom stereocenters. The quantitative estimate of drug-likeness (QED) is 0.850. The van der Waals surface area contributed by atoms with Gasteiger partial charge in [0.05, 0.1) is 0 Å². The van der Waals surface area contributed by atoms with Gasteiger partial charge in [-0.15, -0.1) is 0 Å². The molecule has 1 N–H and O–H groups in total. The standard InChI is InChI=1S/C14H17N3S/c1-4-15-14-16-9-11(3)13(17-14)18-12-7-5-10(2)6-8-12/h5-9H,4H2,1-3H3,(H,15,16,17). The van der Waals surface area contributed by atoms with Gasteiger partial charge in [-0.25, -0.2) is 9.97 Å². The number of aromatic nitrogens is 2. The van der Waals surface area contributed by atoms with Gasteiger partial charge in [-0.3, -0.25) is 0 Å². The van der Waals surface area contributed by atoms with Crippen LogP contribution in [0, 0.1) is 13.8 Å². The molecule has 0 unspecified atom stereocenters. The molecule has 94 valence electrons. The Kier molecular flexibility index (Phi) is 4.20. The van der Waals surface area contributed by atoms with E-state index in [-0.39, 0.29) is 0 Å². The molecule has 1 aromatic carbocycles. The van der Waals surface area contributed by atoms with Crippen LogP contribution in [0.2, 0.25) is 0 Å². The molecule has 4 heteroatoms. The second kappa shape index (κ2) is 5.87. The first-order chi connectivity index (χ1) is 8.69. The van der Waals surface area contributed by atoms with Crippen molar-refractivity contribution in [1.29, 1.82) is 0 Å². The topological polar surface area (TPSA) is 37.8 Å². The first-order valence-corrected chi connectivity index (χ1v) is 6.82. The van der Waals surface area contributed by atoms with Crippen molar-refractivity contribution in [2.45, 2.75) is 30.7 Å². The summed E-state index contributed by atoms with van der Waals surface area (Å²) in [4.78, 5) is 9.97. The third kappa shape index (κ3) is 3.23. The number of aryl methyl sites for hydroxylation is 2. The van der Waals surface area contributed by atoms with Crippen LogP contribution in [0.3, 0.4) is 0 Å². The Morgan fingerprint density at radius 3 is 2.56 bits per heavy atom. The van der Waals surface area contributed by atoms with Gasteiger partial charge in [0.25, 0.3) is 0 Å². The zero-order valence-electron chi connectivity index (χ0n) is 10.9. The van der Waals surface area contributed by atoms with E-state index in [1.165, 1.54) is 10.5 Å². The van der Waals surface area contributed by atoms with Gasteiger partial charge in [0.2, 0.25) is 5.95 Å². The molecule has 18 heavy (non-hydrogen) atoms. The molecule has 0 bridgehead atoms. The number of nitrogens with zero attached hydrogens (tertiary/aromatic N) is 2. The van der Waals surface area contributed by atoms with Crippen LogP contribution < -0.4 is 5.32 Å². The van der Waals surface area contributed by atoms with Gasteiger partial charge >= 0.3 is 0 Å². The summed E-state index contributed by atoms with van der Waals surface area (Å²) in [5.41, 5.74) is 2.37. The number of anilines is 1. The van der Waals surface area contributed by atoms with Gasteiger partial charge in [-0.2, -0.15) is 0 Å². The molecule has 1 aromatic heterocycles. The van der Waals surface area contributed by atoms with Crippen molar-refractivity contribution in [2.24, 2.45) is 0 Å². The molecule has 0 spiro atoms. The third-order valence-corrected chi connectivity index (χ3v) is 3.61. The summed E-state index contributed by atoms with van der Waals surface area (Å²) < 4.78 is 0. The molecule has 0 saturated carbocycles. The number of nitrogens with one attached hydrogen (secondary N) is 1. The summed E-state index contributed by atoms with van der Waals surface area (Å²) in [7, 11) is 0. The van der Waals surface area contributed by atoms with Crippen LogP contribution in [0.4, 0.5) is 5.95 Å². The van der Waals surface area contributed by atoms with Crippen LogP contribution in [0.1, 0.15) is 18.1 Å². The Morgan fingerprint density at radius 2 is 1.89 bits per heavy atom. The number of hydrogen-bond donors (Lipinski definition) is 1. The maximum Gasteiger partial charge on any atom is 0.223 e. The van der Waals surface area contributed by atoms with E-state index in [2.05, 4.69) is 46.5 Å². The zero-order chi connectivity index (χ0) is 13.0. The molecule has 3 nitrogen and oxygen atoms in total. The highest BCUT2D eigenvalue weighted by atomic mass is 32.2. The maximum atomic E-state index is 4.52. The minimum absolute atomic E-state index is 0.692. The second-order valence-corrected chi connectivity index (χ2v) is 5.19. The van der Waals surface area contributed by atoms with Crippen molar-refractivity contribution in [1.82, 2.24) is 9.97 Å². The van der Waals surface area contributed by atoms with E-state index in [0.717, 1.165) is 17.1 Å². The summed E-state index contributed by atoms with van der Waals surface area (Å²) in [6, 6.07) is 8.47. The lowest BCUT2D eigenvalue weighted by molar-refractivity contribution is 0.983. The van der Waals surface area contributed by atoms with Gasteiger partial charge in [0.1, 0.15) is 5.03 Å². The van der Waals surface area contributed by atoms with Crippen molar-refractivity contribution in [2.75, 3.05) is 11.9 Å². The lowest BCUT2D eigenvalue weighted by Crippen LogP contribution is -2.03. The minimum Gasteiger partial charge on any atom is -0.354 e. The van der Waals surface area contributed by atoms with Gasteiger partial charge in [0.15, 0.2) is 0 Å². The van der Waals surface area contributed by atoms with Crippen LogP contribution in [0.15, 0.2) is 40.4 Å². The molecule has 2 rings (SSSR count). The molecule has 1 heterocycles. The van der Waals surface area contributed by atoms with Crippen molar-refractivity contribution in [3.05, 3.63) is 41.6 Å². The van der Waals surface area contributed by atoms with Crippen LogP contribution in [0.25, 0.3) is 0 Å². The lowest BCUT2D eigenvalue weighted by atomic mass is 10.2. The zero-order valence-corrected chi connectivity index (χ0v) is 11.7. The van der Waals surface area contributed by atoms with Crippen LogP contribution in [0.5, 0.6) is 0 Å². The highest BCUT2D eigenvalue weighted by molar-refractivity contribution is 7.99. The van der Waals surface area contributed by atoms with Crippen molar-refractivity contribution >= 4 is 17.7 Å². The molecular weight excluding hydrogens is 242 g/mol. The summed E-state index contributed by atoms with van der Waals surface area (Å²) in [5.74, 6) is 0.692.